The number of carboxylic acids is 1. The zero-order valence-corrected chi connectivity index (χ0v) is 10.1. The second kappa shape index (κ2) is 5.59. The highest BCUT2D eigenvalue weighted by Crippen LogP contribution is 2.11. The second-order valence-corrected chi connectivity index (χ2v) is 4.41. The average molecular weight is 234 g/mol. The van der Waals surface area contributed by atoms with Gasteiger partial charge in [0.25, 0.3) is 0 Å². The quantitative estimate of drug-likeness (QED) is 0.677. The molecule has 0 radical (unpaired) electrons. The van der Waals surface area contributed by atoms with E-state index in [-0.39, 0.29) is 5.92 Å². The van der Waals surface area contributed by atoms with Gasteiger partial charge in [0, 0.05) is 5.71 Å². The maximum absolute atomic E-state index is 10.6. The van der Waals surface area contributed by atoms with Gasteiger partial charge in [-0.15, -0.1) is 0 Å². The van der Waals surface area contributed by atoms with Crippen LogP contribution in [-0.4, -0.2) is 22.8 Å². The van der Waals surface area contributed by atoms with Gasteiger partial charge < -0.3 is 16.2 Å². The lowest BCUT2D eigenvalue weighted by molar-refractivity contribution is -0.138. The van der Waals surface area contributed by atoms with E-state index in [0.29, 0.717) is 12.1 Å². The normalized spacial score (nSPS) is 12.5. The third kappa shape index (κ3) is 3.67. The predicted octanol–water partition coefficient (Wildman–Crippen LogP) is 1.66. The Labute approximate surface area is 101 Å². The molecule has 17 heavy (non-hydrogen) atoms. The van der Waals surface area contributed by atoms with Gasteiger partial charge in [0.15, 0.2) is 0 Å². The summed E-state index contributed by atoms with van der Waals surface area (Å²) in [6.45, 7) is 3.94. The number of nitrogens with two attached hydrogens (primary N) is 1. The van der Waals surface area contributed by atoms with Gasteiger partial charge in [-0.2, -0.15) is 0 Å². The molecule has 92 valence electrons. The van der Waals surface area contributed by atoms with Crippen molar-refractivity contribution < 1.29 is 9.90 Å². The number of nitrogens with one attached hydrogen (secondary N) is 1. The molecule has 0 saturated carbocycles. The summed E-state index contributed by atoms with van der Waals surface area (Å²) in [7, 11) is 0. The van der Waals surface area contributed by atoms with Gasteiger partial charge in [0.2, 0.25) is 0 Å². The standard InChI is InChI=1S/C13H18N2O2/c1-8(2)12(15)10-5-3-9(4-6-10)7-11(14)13(16)17/h3-6,8,11,15H,7,14H2,1-2H3,(H,16,17). The molecule has 4 heteroatoms. The number of benzene rings is 1. The zero-order chi connectivity index (χ0) is 13.0. The molecule has 0 amide bonds. The molecule has 0 aromatic heterocycles. The lowest BCUT2D eigenvalue weighted by Crippen LogP contribution is -2.32. The van der Waals surface area contributed by atoms with Crippen molar-refractivity contribution in [2.75, 3.05) is 0 Å². The van der Waals surface area contributed by atoms with Crippen LogP contribution in [0, 0.1) is 11.3 Å². The summed E-state index contributed by atoms with van der Waals surface area (Å²) in [5.41, 5.74) is 7.78. The molecule has 0 aliphatic carbocycles. The van der Waals surface area contributed by atoms with Crippen molar-refractivity contribution in [3.05, 3.63) is 35.4 Å². The van der Waals surface area contributed by atoms with Crippen LogP contribution in [0.4, 0.5) is 0 Å². The van der Waals surface area contributed by atoms with Crippen LogP contribution in [0.2, 0.25) is 0 Å². The highest BCUT2D eigenvalue weighted by atomic mass is 16.4. The first-order chi connectivity index (χ1) is 7.91. The van der Waals surface area contributed by atoms with Gasteiger partial charge in [0.05, 0.1) is 0 Å². The van der Waals surface area contributed by atoms with E-state index in [4.69, 9.17) is 16.2 Å². The maximum Gasteiger partial charge on any atom is 0.320 e. The molecule has 1 unspecified atom stereocenters. The molecule has 1 rings (SSSR count). The van der Waals surface area contributed by atoms with Crippen molar-refractivity contribution in [3.8, 4) is 0 Å². The summed E-state index contributed by atoms with van der Waals surface area (Å²) in [5.74, 6) is -0.814. The zero-order valence-electron chi connectivity index (χ0n) is 10.1. The number of carbonyl (C=O) groups is 1. The van der Waals surface area contributed by atoms with Gasteiger partial charge in [0.1, 0.15) is 6.04 Å². The van der Waals surface area contributed by atoms with Crippen LogP contribution in [0.3, 0.4) is 0 Å². The van der Waals surface area contributed by atoms with E-state index in [2.05, 4.69) is 0 Å². The number of carboxylic acid groups (broad SMARTS) is 1. The van der Waals surface area contributed by atoms with E-state index in [1.807, 2.05) is 38.1 Å². The van der Waals surface area contributed by atoms with Crippen LogP contribution in [0.5, 0.6) is 0 Å². The van der Waals surface area contributed by atoms with E-state index >= 15 is 0 Å². The molecule has 1 atom stereocenters. The van der Waals surface area contributed by atoms with E-state index in [9.17, 15) is 4.79 Å². The van der Waals surface area contributed by atoms with Crippen LogP contribution in [0.25, 0.3) is 0 Å². The Hall–Kier alpha value is -1.68. The molecule has 0 saturated heterocycles. The first-order valence-electron chi connectivity index (χ1n) is 5.58. The van der Waals surface area contributed by atoms with Crippen molar-refractivity contribution in [2.24, 2.45) is 11.7 Å². The fraction of sp³-hybridized carbons (Fsp3) is 0.385. The smallest absolute Gasteiger partial charge is 0.320 e. The molecule has 0 bridgehead atoms. The first kappa shape index (κ1) is 13.4. The van der Waals surface area contributed by atoms with Crippen LogP contribution in [0.15, 0.2) is 24.3 Å². The summed E-state index contributed by atoms with van der Waals surface area (Å²) >= 11 is 0. The largest absolute Gasteiger partial charge is 0.480 e. The number of hydrogen-bond donors (Lipinski definition) is 3. The lowest BCUT2D eigenvalue weighted by Gasteiger charge is -2.10. The van der Waals surface area contributed by atoms with Gasteiger partial charge in [-0.05, 0) is 23.5 Å². The highest BCUT2D eigenvalue weighted by molar-refractivity contribution is 5.99. The number of aliphatic carboxylic acids is 1. The molecule has 1 aromatic rings. The van der Waals surface area contributed by atoms with Gasteiger partial charge >= 0.3 is 5.97 Å². The minimum Gasteiger partial charge on any atom is -0.480 e. The monoisotopic (exact) mass is 234 g/mol. The van der Waals surface area contributed by atoms with Crippen LogP contribution in [0.1, 0.15) is 25.0 Å². The van der Waals surface area contributed by atoms with Gasteiger partial charge in [-0.1, -0.05) is 38.1 Å². The van der Waals surface area contributed by atoms with Crippen LogP contribution < -0.4 is 5.73 Å². The topological polar surface area (TPSA) is 87.2 Å². The molecule has 1 aromatic carbocycles. The van der Waals surface area contributed by atoms with Crippen molar-refractivity contribution in [3.63, 3.8) is 0 Å². The fourth-order valence-electron chi connectivity index (χ4n) is 1.49. The Balaban J connectivity index is 2.75. The van der Waals surface area contributed by atoms with Crippen molar-refractivity contribution in [1.29, 1.82) is 5.41 Å². The molecule has 4 nitrogen and oxygen atoms in total. The van der Waals surface area contributed by atoms with Gasteiger partial charge in [-0.3, -0.25) is 4.79 Å². The Morgan fingerprint density at radius 1 is 1.35 bits per heavy atom. The first-order valence-corrected chi connectivity index (χ1v) is 5.58. The third-order valence-electron chi connectivity index (χ3n) is 2.62. The molecule has 4 N–H and O–H groups in total. The molecular formula is C13H18N2O2. The minimum atomic E-state index is -0.996. The highest BCUT2D eigenvalue weighted by Gasteiger charge is 2.12. The number of hydrogen-bond acceptors (Lipinski definition) is 3. The maximum atomic E-state index is 10.6. The van der Waals surface area contributed by atoms with E-state index < -0.39 is 12.0 Å². The second-order valence-electron chi connectivity index (χ2n) is 4.41. The Morgan fingerprint density at radius 3 is 2.29 bits per heavy atom. The van der Waals surface area contributed by atoms with Crippen molar-refractivity contribution in [1.82, 2.24) is 0 Å². The van der Waals surface area contributed by atoms with Crippen LogP contribution in [-0.2, 0) is 11.2 Å². The third-order valence-corrected chi connectivity index (χ3v) is 2.62. The Kier molecular flexibility index (Phi) is 4.40. The van der Waals surface area contributed by atoms with Gasteiger partial charge in [-0.25, -0.2) is 0 Å². The lowest BCUT2D eigenvalue weighted by atomic mass is 9.98. The SMILES string of the molecule is CC(C)C(=N)c1ccc(CC(N)C(=O)O)cc1. The summed E-state index contributed by atoms with van der Waals surface area (Å²) in [6.07, 6.45) is 0.310. The van der Waals surface area contributed by atoms with Crippen molar-refractivity contribution >= 4 is 11.7 Å². The summed E-state index contributed by atoms with van der Waals surface area (Å²) in [4.78, 5) is 10.6. The van der Waals surface area contributed by atoms with E-state index in [1.165, 1.54) is 0 Å². The molecule has 0 heterocycles. The summed E-state index contributed by atoms with van der Waals surface area (Å²) in [5, 5.41) is 16.5. The predicted molar refractivity (Wildman–Crippen MR) is 67.4 cm³/mol. The summed E-state index contributed by atoms with van der Waals surface area (Å²) in [6, 6.07) is 6.47. The number of rotatable bonds is 5. The average Bonchev–Trinajstić information content (AvgIpc) is 2.28. The van der Waals surface area contributed by atoms with E-state index in [0.717, 1.165) is 11.1 Å². The summed E-state index contributed by atoms with van der Waals surface area (Å²) < 4.78 is 0. The van der Waals surface area contributed by atoms with Crippen molar-refractivity contribution in [2.45, 2.75) is 26.3 Å². The molecular weight excluding hydrogens is 216 g/mol. The molecule has 0 spiro atoms. The fourth-order valence-corrected chi connectivity index (χ4v) is 1.49. The Bertz CT molecular complexity index is 410. The molecule has 0 aliphatic heterocycles. The Morgan fingerprint density at radius 2 is 1.88 bits per heavy atom. The minimum absolute atomic E-state index is 0.183. The molecule has 0 aliphatic rings. The van der Waals surface area contributed by atoms with Crippen LogP contribution >= 0.6 is 0 Å². The molecule has 0 fully saturated rings. The van der Waals surface area contributed by atoms with E-state index in [1.54, 1.807) is 0 Å².